The van der Waals surface area contributed by atoms with Crippen LogP contribution in [0.3, 0.4) is 0 Å². The van der Waals surface area contributed by atoms with Crippen molar-refractivity contribution in [1.29, 1.82) is 0 Å². The normalized spacial score (nSPS) is 21.5. The van der Waals surface area contributed by atoms with E-state index in [4.69, 9.17) is 9.47 Å². The Morgan fingerprint density at radius 3 is 2.85 bits per heavy atom. The van der Waals surface area contributed by atoms with Gasteiger partial charge >= 0.3 is 5.97 Å². The first kappa shape index (κ1) is 16.3. The summed E-state index contributed by atoms with van der Waals surface area (Å²) >= 11 is 0. The Labute approximate surface area is 149 Å². The molecular formula is C20H16O6. The SMILES string of the molecule is CCC(=O)OC1CC2C(=O)c3cc4ccccc4c(O)c3C(=O)C2=CO1. The van der Waals surface area contributed by atoms with E-state index in [1.807, 2.05) is 0 Å². The highest BCUT2D eigenvalue weighted by atomic mass is 16.7. The number of hydrogen-bond donors (Lipinski definition) is 1. The Morgan fingerprint density at radius 1 is 1.31 bits per heavy atom. The number of esters is 1. The van der Waals surface area contributed by atoms with Gasteiger partial charge in [0.15, 0.2) is 11.6 Å². The van der Waals surface area contributed by atoms with Crippen LogP contribution in [0.1, 0.15) is 40.5 Å². The van der Waals surface area contributed by atoms with Crippen molar-refractivity contribution in [3.63, 3.8) is 0 Å². The van der Waals surface area contributed by atoms with Crippen LogP contribution in [0.2, 0.25) is 0 Å². The Balaban J connectivity index is 1.80. The molecule has 132 valence electrons. The Hall–Kier alpha value is -3.15. The number of hydrogen-bond acceptors (Lipinski definition) is 6. The van der Waals surface area contributed by atoms with Gasteiger partial charge < -0.3 is 14.6 Å². The second kappa shape index (κ2) is 5.98. The van der Waals surface area contributed by atoms with Crippen LogP contribution in [-0.4, -0.2) is 28.9 Å². The number of allylic oxidation sites excluding steroid dienone is 1. The maximum Gasteiger partial charge on any atom is 0.308 e. The molecule has 6 nitrogen and oxygen atoms in total. The zero-order valence-corrected chi connectivity index (χ0v) is 14.0. The number of carbonyl (C=O) groups excluding carboxylic acids is 3. The highest BCUT2D eigenvalue weighted by molar-refractivity contribution is 6.26. The van der Waals surface area contributed by atoms with E-state index in [1.165, 1.54) is 6.26 Å². The molecular weight excluding hydrogens is 336 g/mol. The third-order valence-corrected chi connectivity index (χ3v) is 4.80. The highest BCUT2D eigenvalue weighted by Crippen LogP contribution is 2.42. The summed E-state index contributed by atoms with van der Waals surface area (Å²) in [7, 11) is 0. The lowest BCUT2D eigenvalue weighted by Gasteiger charge is -2.32. The third kappa shape index (κ3) is 2.37. The van der Waals surface area contributed by atoms with Gasteiger partial charge in [0.05, 0.1) is 17.7 Å². The van der Waals surface area contributed by atoms with Crippen molar-refractivity contribution in [2.24, 2.45) is 5.92 Å². The summed E-state index contributed by atoms with van der Waals surface area (Å²) in [5.74, 6) is -2.11. The lowest BCUT2D eigenvalue weighted by atomic mass is 9.75. The van der Waals surface area contributed by atoms with Crippen LogP contribution in [-0.2, 0) is 14.3 Å². The monoisotopic (exact) mass is 352 g/mol. The number of fused-ring (bicyclic) bond motifs is 3. The average Bonchev–Trinajstić information content (AvgIpc) is 2.66. The largest absolute Gasteiger partial charge is 0.507 e. The fourth-order valence-corrected chi connectivity index (χ4v) is 3.46. The summed E-state index contributed by atoms with van der Waals surface area (Å²) in [5.41, 5.74) is 0.372. The molecule has 0 fully saturated rings. The molecule has 1 N–H and O–H groups in total. The minimum atomic E-state index is -0.899. The summed E-state index contributed by atoms with van der Waals surface area (Å²) in [4.78, 5) is 37.3. The zero-order chi connectivity index (χ0) is 18.4. The van der Waals surface area contributed by atoms with Gasteiger partial charge in [-0.05, 0) is 11.5 Å². The topological polar surface area (TPSA) is 89.9 Å². The van der Waals surface area contributed by atoms with Crippen LogP contribution in [0.25, 0.3) is 10.8 Å². The van der Waals surface area contributed by atoms with Crippen LogP contribution in [0.15, 0.2) is 42.2 Å². The van der Waals surface area contributed by atoms with Crippen molar-refractivity contribution in [3.05, 3.63) is 53.3 Å². The molecule has 6 heteroatoms. The fraction of sp³-hybridized carbons (Fsp3) is 0.250. The summed E-state index contributed by atoms with van der Waals surface area (Å²) in [6.45, 7) is 1.66. The minimum Gasteiger partial charge on any atom is -0.507 e. The molecule has 1 aliphatic carbocycles. The summed E-state index contributed by atoms with van der Waals surface area (Å²) < 4.78 is 10.5. The predicted octanol–water partition coefficient (Wildman–Crippen LogP) is 3.12. The van der Waals surface area contributed by atoms with Gasteiger partial charge in [-0.1, -0.05) is 31.2 Å². The number of carbonyl (C=O) groups is 3. The summed E-state index contributed by atoms with van der Waals surface area (Å²) in [6, 6.07) is 8.64. The number of ketones is 2. The minimum absolute atomic E-state index is 0.00352. The van der Waals surface area contributed by atoms with E-state index in [0.29, 0.717) is 10.8 Å². The number of ether oxygens (including phenoxy) is 2. The number of rotatable bonds is 2. The average molecular weight is 352 g/mol. The molecule has 4 rings (SSSR count). The van der Waals surface area contributed by atoms with Gasteiger partial charge in [-0.15, -0.1) is 0 Å². The Bertz CT molecular complexity index is 987. The maximum atomic E-state index is 13.0. The van der Waals surface area contributed by atoms with Crippen molar-refractivity contribution in [3.8, 4) is 5.75 Å². The van der Waals surface area contributed by atoms with Gasteiger partial charge in [-0.2, -0.15) is 0 Å². The smallest absolute Gasteiger partial charge is 0.308 e. The molecule has 0 spiro atoms. The van der Waals surface area contributed by atoms with E-state index in [1.54, 1.807) is 37.3 Å². The Kier molecular flexibility index (Phi) is 3.76. The third-order valence-electron chi connectivity index (χ3n) is 4.80. The Morgan fingerprint density at radius 2 is 2.08 bits per heavy atom. The van der Waals surface area contributed by atoms with Crippen molar-refractivity contribution in [2.45, 2.75) is 26.1 Å². The molecule has 1 heterocycles. The van der Waals surface area contributed by atoms with Crippen molar-refractivity contribution >= 4 is 28.3 Å². The van der Waals surface area contributed by atoms with Gasteiger partial charge in [0, 0.05) is 29.4 Å². The van der Waals surface area contributed by atoms with E-state index in [9.17, 15) is 19.5 Å². The molecule has 2 atom stereocenters. The molecule has 0 radical (unpaired) electrons. The van der Waals surface area contributed by atoms with Crippen molar-refractivity contribution in [2.75, 3.05) is 0 Å². The van der Waals surface area contributed by atoms with Gasteiger partial charge in [0.2, 0.25) is 6.29 Å². The van der Waals surface area contributed by atoms with Crippen molar-refractivity contribution < 1.29 is 29.0 Å². The first-order valence-corrected chi connectivity index (χ1v) is 8.40. The molecule has 2 unspecified atom stereocenters. The highest BCUT2D eigenvalue weighted by Gasteiger charge is 2.43. The van der Waals surface area contributed by atoms with Gasteiger partial charge in [0.25, 0.3) is 0 Å². The number of benzene rings is 2. The first-order chi connectivity index (χ1) is 12.5. The molecule has 0 aromatic heterocycles. The quantitative estimate of drug-likeness (QED) is 0.835. The maximum absolute atomic E-state index is 13.0. The first-order valence-electron chi connectivity index (χ1n) is 8.40. The second-order valence-corrected chi connectivity index (χ2v) is 6.33. The van der Waals surface area contributed by atoms with E-state index in [-0.39, 0.29) is 41.1 Å². The zero-order valence-electron chi connectivity index (χ0n) is 14.0. The van der Waals surface area contributed by atoms with Crippen LogP contribution in [0.5, 0.6) is 5.75 Å². The van der Waals surface area contributed by atoms with Crippen LogP contribution in [0, 0.1) is 5.92 Å². The molecule has 2 aliphatic rings. The van der Waals surface area contributed by atoms with E-state index in [0.717, 1.165) is 0 Å². The molecule has 1 aliphatic heterocycles. The van der Waals surface area contributed by atoms with Crippen LogP contribution < -0.4 is 0 Å². The molecule has 0 saturated heterocycles. The predicted molar refractivity (Wildman–Crippen MR) is 91.7 cm³/mol. The van der Waals surface area contributed by atoms with E-state index >= 15 is 0 Å². The molecule has 26 heavy (non-hydrogen) atoms. The standard InChI is InChI=1S/C20H16O6/c1-2-15(21)26-16-8-12-14(9-25-16)20(24)17-13(18(12)22)7-10-5-3-4-6-11(10)19(17)23/h3-7,9,12,16,23H,2,8H2,1H3. The van der Waals surface area contributed by atoms with Crippen LogP contribution >= 0.6 is 0 Å². The van der Waals surface area contributed by atoms with Gasteiger partial charge in [-0.25, -0.2) is 0 Å². The number of phenols is 1. The van der Waals surface area contributed by atoms with E-state index in [2.05, 4.69) is 0 Å². The van der Waals surface area contributed by atoms with Crippen molar-refractivity contribution in [1.82, 2.24) is 0 Å². The lowest BCUT2D eigenvalue weighted by Crippen LogP contribution is -2.37. The van der Waals surface area contributed by atoms with E-state index < -0.39 is 24.0 Å². The molecule has 0 saturated carbocycles. The van der Waals surface area contributed by atoms with Crippen LogP contribution in [0.4, 0.5) is 0 Å². The fourth-order valence-electron chi connectivity index (χ4n) is 3.46. The molecule has 0 amide bonds. The molecule has 2 aromatic rings. The van der Waals surface area contributed by atoms with Gasteiger partial charge in [-0.3, -0.25) is 14.4 Å². The summed E-state index contributed by atoms with van der Waals surface area (Å²) in [5, 5.41) is 11.8. The number of aromatic hydroxyl groups is 1. The second-order valence-electron chi connectivity index (χ2n) is 6.33. The number of phenolic OH excluding ortho intramolecular Hbond substituents is 1. The lowest BCUT2D eigenvalue weighted by molar-refractivity contribution is -0.172. The summed E-state index contributed by atoms with van der Waals surface area (Å²) in [6.07, 6.45) is 0.550. The molecule has 2 aromatic carbocycles. The molecule has 0 bridgehead atoms. The van der Waals surface area contributed by atoms with Gasteiger partial charge in [0.1, 0.15) is 5.75 Å². The number of Topliss-reactive ketones (excluding diaryl/α,β-unsaturated/α-hetero) is 2.